The summed E-state index contributed by atoms with van der Waals surface area (Å²) in [4.78, 5) is 129. The van der Waals surface area contributed by atoms with E-state index in [-0.39, 0.29) is 25.0 Å². The summed E-state index contributed by atoms with van der Waals surface area (Å²) in [5.41, 5.74) is 17.3. The van der Waals surface area contributed by atoms with Crippen LogP contribution in [0.15, 0.2) is 54.6 Å². The molecule has 17 N–H and O–H groups in total. The van der Waals surface area contributed by atoms with Crippen LogP contribution in [0.1, 0.15) is 57.6 Å². The molecule has 2 aromatic carbocycles. The van der Waals surface area contributed by atoms with Gasteiger partial charge in [-0.25, -0.2) is 4.79 Å². The first-order chi connectivity index (χ1) is 31.1. The van der Waals surface area contributed by atoms with E-state index in [0.717, 1.165) is 6.92 Å². The lowest BCUT2D eigenvalue weighted by molar-refractivity contribution is -0.145. The topological polar surface area (TPSA) is 414 Å². The average Bonchev–Trinajstić information content (AvgIpc) is 3.26. The number of rotatable bonds is 28. The van der Waals surface area contributed by atoms with Crippen LogP contribution >= 0.6 is 0 Å². The van der Waals surface area contributed by atoms with Crippen LogP contribution in [0, 0.1) is 5.92 Å². The van der Waals surface area contributed by atoms with Crippen LogP contribution in [0.5, 0.6) is 5.75 Å². The molecule has 0 spiro atoms. The number of aromatic hydroxyl groups is 1. The molecule has 0 radical (unpaired) electrons. The average molecular weight is 929 g/mol. The van der Waals surface area contributed by atoms with Crippen molar-refractivity contribution in [1.82, 2.24) is 37.2 Å². The van der Waals surface area contributed by atoms with Crippen molar-refractivity contribution in [3.8, 4) is 5.75 Å². The molecule has 0 fully saturated rings. The quantitative estimate of drug-likeness (QED) is 0.0381. The van der Waals surface area contributed by atoms with Crippen molar-refractivity contribution in [2.24, 2.45) is 23.1 Å². The lowest BCUT2D eigenvalue weighted by Gasteiger charge is -2.28. The van der Waals surface area contributed by atoms with E-state index in [1.807, 2.05) is 0 Å². The molecule has 24 heteroatoms. The molecule has 0 saturated carbocycles. The number of carbonyl (C=O) groups is 10. The van der Waals surface area contributed by atoms with Crippen molar-refractivity contribution in [3.05, 3.63) is 65.7 Å². The van der Waals surface area contributed by atoms with Gasteiger partial charge in [-0.15, -0.1) is 0 Å². The van der Waals surface area contributed by atoms with Gasteiger partial charge in [-0.05, 0) is 42.5 Å². The van der Waals surface area contributed by atoms with Crippen LogP contribution in [0.25, 0.3) is 0 Å². The van der Waals surface area contributed by atoms with Crippen molar-refractivity contribution in [1.29, 1.82) is 0 Å². The number of primary amides is 2. The second kappa shape index (κ2) is 27.2. The zero-order valence-electron chi connectivity index (χ0n) is 36.7. The molecule has 0 bridgehead atoms. The Kier molecular flexibility index (Phi) is 22.7. The Morgan fingerprint density at radius 3 is 1.67 bits per heavy atom. The van der Waals surface area contributed by atoms with E-state index in [9.17, 15) is 68.4 Å². The Labute approximate surface area is 379 Å². The number of benzene rings is 2. The number of hydrogen-bond acceptors (Lipinski definition) is 14. The molecule has 0 heterocycles. The molecule has 2 rings (SSSR count). The van der Waals surface area contributed by atoms with E-state index >= 15 is 0 Å². The van der Waals surface area contributed by atoms with Gasteiger partial charge in [0.1, 0.15) is 42.0 Å². The summed E-state index contributed by atoms with van der Waals surface area (Å²) in [6.07, 6.45) is -3.20. The number of aliphatic hydroxyl groups excluding tert-OH is 2. The summed E-state index contributed by atoms with van der Waals surface area (Å²) in [7, 11) is 0. The maximum atomic E-state index is 13.8. The minimum atomic E-state index is -1.73. The molecule has 0 saturated heterocycles. The number of aliphatic carboxylic acids is 1. The highest BCUT2D eigenvalue weighted by atomic mass is 16.4. The number of carbonyl (C=O) groups excluding carboxylic acids is 9. The van der Waals surface area contributed by atoms with Gasteiger partial charge in [-0.3, -0.25) is 43.2 Å². The fourth-order valence-corrected chi connectivity index (χ4v) is 6.13. The number of hydrogen-bond donors (Lipinski definition) is 14. The predicted molar refractivity (Wildman–Crippen MR) is 233 cm³/mol. The van der Waals surface area contributed by atoms with Crippen LogP contribution in [0.3, 0.4) is 0 Å². The predicted octanol–water partition coefficient (Wildman–Crippen LogP) is -4.83. The molecule has 0 aliphatic heterocycles. The van der Waals surface area contributed by atoms with Gasteiger partial charge < -0.3 is 74.8 Å². The second-order valence-corrected chi connectivity index (χ2v) is 15.5. The van der Waals surface area contributed by atoms with Crippen molar-refractivity contribution in [2.75, 3.05) is 13.2 Å². The number of carboxylic acid groups (broad SMARTS) is 1. The Morgan fingerprint density at radius 1 is 0.621 bits per heavy atom. The number of phenols is 1. The highest BCUT2D eigenvalue weighted by Crippen LogP contribution is 2.13. The minimum absolute atomic E-state index is 0.120. The third-order valence-electron chi connectivity index (χ3n) is 10.1. The number of nitrogens with two attached hydrogens (primary N) is 3. The third kappa shape index (κ3) is 18.9. The minimum Gasteiger partial charge on any atom is -0.508 e. The monoisotopic (exact) mass is 928 g/mol. The van der Waals surface area contributed by atoms with Crippen molar-refractivity contribution >= 4 is 59.1 Å². The van der Waals surface area contributed by atoms with Crippen molar-refractivity contribution in [3.63, 3.8) is 0 Å². The number of aliphatic hydroxyl groups is 2. The SMILES string of the molecule is CC[C@H](C)[C@H](NC(=O)[C@H](CCC(N)=O)NC(=O)CNC(=O)[C@H](Cc1ccc(O)cc1)NC(=O)[C@H](CC(N)=O)NC(=O)[C@H](Cc1ccccc1)NC(=O)[C@@H](N)CO)C(=O)N[C@H](C(=O)O)[C@@H](C)O. The van der Waals surface area contributed by atoms with E-state index in [1.165, 1.54) is 24.3 Å². The van der Waals surface area contributed by atoms with Gasteiger partial charge in [-0.2, -0.15) is 0 Å². The molecule has 0 aliphatic rings. The lowest BCUT2D eigenvalue weighted by Crippen LogP contribution is -2.60. The largest absolute Gasteiger partial charge is 0.508 e. The Morgan fingerprint density at radius 2 is 1.14 bits per heavy atom. The second-order valence-electron chi connectivity index (χ2n) is 15.5. The normalized spacial score (nSPS) is 15.0. The number of phenolic OH excluding ortho intramolecular Hbond substituents is 1. The van der Waals surface area contributed by atoms with Gasteiger partial charge in [0.2, 0.25) is 53.2 Å². The van der Waals surface area contributed by atoms with E-state index in [4.69, 9.17) is 17.2 Å². The van der Waals surface area contributed by atoms with E-state index in [1.54, 1.807) is 44.2 Å². The summed E-state index contributed by atoms with van der Waals surface area (Å²) >= 11 is 0. The highest BCUT2D eigenvalue weighted by molar-refractivity contribution is 5.98. The summed E-state index contributed by atoms with van der Waals surface area (Å²) in [6.45, 7) is 2.80. The lowest BCUT2D eigenvalue weighted by atomic mass is 9.97. The van der Waals surface area contributed by atoms with Gasteiger partial charge in [0.15, 0.2) is 6.04 Å². The molecule has 2 aromatic rings. The van der Waals surface area contributed by atoms with E-state index < -0.39 is 139 Å². The van der Waals surface area contributed by atoms with Crippen LogP contribution in [-0.2, 0) is 60.8 Å². The molecular formula is C42H60N10O14. The maximum Gasteiger partial charge on any atom is 0.328 e. The van der Waals surface area contributed by atoms with Gasteiger partial charge >= 0.3 is 5.97 Å². The molecule has 0 aromatic heterocycles. The Hall–Kier alpha value is -7.18. The van der Waals surface area contributed by atoms with Crippen LogP contribution in [0.4, 0.5) is 0 Å². The smallest absolute Gasteiger partial charge is 0.328 e. The molecule has 66 heavy (non-hydrogen) atoms. The molecule has 24 nitrogen and oxygen atoms in total. The Balaban J connectivity index is 2.35. The summed E-state index contributed by atoms with van der Waals surface area (Å²) in [5.74, 6) is -11.1. The zero-order valence-corrected chi connectivity index (χ0v) is 36.7. The van der Waals surface area contributed by atoms with Crippen molar-refractivity contribution < 1.29 is 68.4 Å². The van der Waals surface area contributed by atoms with E-state index in [0.29, 0.717) is 17.5 Å². The maximum absolute atomic E-state index is 13.8. The molecule has 9 atom stereocenters. The summed E-state index contributed by atoms with van der Waals surface area (Å²) in [6, 6.07) is 3.09. The molecule has 0 unspecified atom stereocenters. The Bertz CT molecular complexity index is 2020. The molecule has 9 amide bonds. The van der Waals surface area contributed by atoms with Gasteiger partial charge in [-0.1, -0.05) is 62.7 Å². The third-order valence-corrected chi connectivity index (χ3v) is 10.1. The van der Waals surface area contributed by atoms with Crippen LogP contribution in [-0.4, -0.2) is 141 Å². The zero-order chi connectivity index (χ0) is 49.7. The summed E-state index contributed by atoms with van der Waals surface area (Å²) < 4.78 is 0. The fraction of sp³-hybridized carbons (Fsp3) is 0.476. The van der Waals surface area contributed by atoms with Crippen LogP contribution in [0.2, 0.25) is 0 Å². The molecule has 362 valence electrons. The first kappa shape index (κ1) is 55.0. The molecular weight excluding hydrogens is 869 g/mol. The van der Waals surface area contributed by atoms with Gasteiger partial charge in [0, 0.05) is 19.3 Å². The highest BCUT2D eigenvalue weighted by Gasteiger charge is 2.35. The van der Waals surface area contributed by atoms with E-state index in [2.05, 4.69) is 37.2 Å². The number of amides is 9. The summed E-state index contributed by atoms with van der Waals surface area (Å²) in [5, 5.41) is 55.0. The van der Waals surface area contributed by atoms with Crippen molar-refractivity contribution in [2.45, 2.75) is 108 Å². The fourth-order valence-electron chi connectivity index (χ4n) is 6.13. The first-order valence-electron chi connectivity index (χ1n) is 20.8. The molecule has 0 aliphatic carbocycles. The standard InChI is InChI=1S/C42H60N10O14/c1-4-21(2)34(41(64)52-35(22(3)54)42(65)66)51-38(61)27(14-15-31(44)56)47-33(58)19-46-37(60)28(17-24-10-12-25(55)13-11-24)49-40(63)30(18-32(45)57)50-39(62)29(48-36(59)26(43)20-53)16-23-8-6-5-7-9-23/h5-13,21-22,26-30,34-35,53-55H,4,14-20,43H2,1-3H3,(H2,44,56)(H2,45,57)(H,46,60)(H,47,58)(H,48,59)(H,49,63)(H,50,62)(H,51,61)(H,52,64)(H,65,66)/t21-,22+,26-,27-,28-,29-,30-,34-,35-/m0/s1. The number of carboxylic acids is 1. The number of nitrogens with one attached hydrogen (secondary N) is 7. The van der Waals surface area contributed by atoms with Gasteiger partial charge in [0.25, 0.3) is 0 Å². The van der Waals surface area contributed by atoms with Crippen LogP contribution < -0.4 is 54.4 Å². The van der Waals surface area contributed by atoms with Gasteiger partial charge in [0.05, 0.1) is 25.7 Å². The first-order valence-corrected chi connectivity index (χ1v) is 20.8.